The van der Waals surface area contributed by atoms with Gasteiger partial charge in [0.2, 0.25) is 0 Å². The van der Waals surface area contributed by atoms with Gasteiger partial charge in [0.25, 0.3) is 5.91 Å². The fraction of sp³-hybridized carbons (Fsp3) is 0.417. The first-order valence-electron chi connectivity index (χ1n) is 10.7. The van der Waals surface area contributed by atoms with Crippen molar-refractivity contribution in [3.63, 3.8) is 0 Å². The SMILES string of the molecule is Cn1nc(C(C)(C)C)cc1C(=O)N1CCC2(CC1)Nc1ccccc1-n1cccc12. The van der Waals surface area contributed by atoms with Crippen molar-refractivity contribution in [2.24, 2.45) is 7.05 Å². The van der Waals surface area contributed by atoms with Gasteiger partial charge in [-0.3, -0.25) is 9.48 Å². The molecule has 1 saturated heterocycles. The van der Waals surface area contributed by atoms with Crippen molar-refractivity contribution < 1.29 is 4.79 Å². The molecule has 0 radical (unpaired) electrons. The number of piperidine rings is 1. The minimum atomic E-state index is -0.141. The van der Waals surface area contributed by atoms with Crippen LogP contribution in [0.15, 0.2) is 48.7 Å². The van der Waals surface area contributed by atoms with E-state index in [0.717, 1.165) is 37.3 Å². The van der Waals surface area contributed by atoms with Crippen LogP contribution in [0.3, 0.4) is 0 Å². The molecule has 0 aliphatic carbocycles. The van der Waals surface area contributed by atoms with Gasteiger partial charge in [0, 0.05) is 37.4 Å². The molecule has 2 aliphatic rings. The van der Waals surface area contributed by atoms with Gasteiger partial charge in [-0.2, -0.15) is 5.10 Å². The van der Waals surface area contributed by atoms with Crippen LogP contribution in [0.5, 0.6) is 0 Å². The highest BCUT2D eigenvalue weighted by atomic mass is 16.2. The third-order valence-electron chi connectivity index (χ3n) is 6.55. The summed E-state index contributed by atoms with van der Waals surface area (Å²) in [5, 5.41) is 8.40. The lowest BCUT2D eigenvalue weighted by Crippen LogP contribution is -2.51. The lowest BCUT2D eigenvalue weighted by atomic mass is 9.82. The summed E-state index contributed by atoms with van der Waals surface area (Å²) in [6.45, 7) is 7.80. The maximum absolute atomic E-state index is 13.3. The third kappa shape index (κ3) is 2.85. The number of fused-ring (bicyclic) bond motifs is 4. The predicted molar refractivity (Wildman–Crippen MR) is 118 cm³/mol. The van der Waals surface area contributed by atoms with E-state index in [1.807, 2.05) is 18.0 Å². The first-order chi connectivity index (χ1) is 14.3. The summed E-state index contributed by atoms with van der Waals surface area (Å²) in [6, 6.07) is 14.7. The maximum atomic E-state index is 13.3. The Balaban J connectivity index is 1.39. The van der Waals surface area contributed by atoms with E-state index in [1.54, 1.807) is 4.68 Å². The van der Waals surface area contributed by atoms with Crippen LogP contribution in [0.1, 0.15) is 55.5 Å². The highest BCUT2D eigenvalue weighted by Crippen LogP contribution is 2.43. The van der Waals surface area contributed by atoms with Crippen LogP contribution in [-0.4, -0.2) is 38.2 Å². The van der Waals surface area contributed by atoms with Crippen LogP contribution in [0.4, 0.5) is 5.69 Å². The normalized spacial score (nSPS) is 17.4. The molecule has 0 saturated carbocycles. The number of anilines is 1. The Hall–Kier alpha value is -3.02. The van der Waals surface area contributed by atoms with Crippen LogP contribution < -0.4 is 5.32 Å². The van der Waals surface area contributed by atoms with Crippen LogP contribution in [0.25, 0.3) is 5.69 Å². The quantitative estimate of drug-likeness (QED) is 0.667. The average Bonchev–Trinajstić information content (AvgIpc) is 3.36. The average molecular weight is 404 g/mol. The van der Waals surface area contributed by atoms with E-state index >= 15 is 0 Å². The van der Waals surface area contributed by atoms with Gasteiger partial charge in [0.15, 0.2) is 0 Å². The molecule has 3 aromatic rings. The van der Waals surface area contributed by atoms with Crippen LogP contribution >= 0.6 is 0 Å². The molecule has 0 bridgehead atoms. The second kappa shape index (κ2) is 6.49. The molecule has 6 nitrogen and oxygen atoms in total. The fourth-order valence-corrected chi connectivity index (χ4v) is 4.76. The standard InChI is InChI=1S/C24H29N5O/c1-23(2,3)20-16-19(27(4)26-20)22(30)28-14-11-24(12-15-28)21-10-7-13-29(21)18-9-6-5-8-17(18)25-24/h5-10,13,16,25H,11-12,14-15H2,1-4H3. The highest BCUT2D eigenvalue weighted by molar-refractivity contribution is 5.93. The van der Waals surface area contributed by atoms with Crippen molar-refractivity contribution in [2.75, 3.05) is 18.4 Å². The number of nitrogens with one attached hydrogen (secondary N) is 1. The molecule has 4 heterocycles. The molecule has 5 rings (SSSR count). The molecular weight excluding hydrogens is 374 g/mol. The number of rotatable bonds is 1. The molecule has 2 aromatic heterocycles. The van der Waals surface area contributed by atoms with E-state index in [-0.39, 0.29) is 16.9 Å². The van der Waals surface area contributed by atoms with E-state index in [1.165, 1.54) is 11.4 Å². The third-order valence-corrected chi connectivity index (χ3v) is 6.55. The number of amides is 1. The largest absolute Gasteiger partial charge is 0.372 e. The summed E-state index contributed by atoms with van der Waals surface area (Å²) in [5.41, 5.74) is 5.02. The number of benzene rings is 1. The molecule has 1 amide bonds. The molecule has 1 aromatic carbocycles. The van der Waals surface area contributed by atoms with Gasteiger partial charge in [0.1, 0.15) is 5.69 Å². The molecule has 0 unspecified atom stereocenters. The van der Waals surface area contributed by atoms with Gasteiger partial charge in [-0.05, 0) is 43.2 Å². The maximum Gasteiger partial charge on any atom is 0.272 e. The summed E-state index contributed by atoms with van der Waals surface area (Å²) < 4.78 is 4.02. The second-order valence-corrected chi connectivity index (χ2v) is 9.57. The van der Waals surface area contributed by atoms with Gasteiger partial charge in [-0.25, -0.2) is 0 Å². The second-order valence-electron chi connectivity index (χ2n) is 9.57. The molecule has 1 spiro atoms. The van der Waals surface area contributed by atoms with Gasteiger partial charge in [-0.15, -0.1) is 0 Å². The molecule has 30 heavy (non-hydrogen) atoms. The van der Waals surface area contributed by atoms with Crippen LogP contribution in [0.2, 0.25) is 0 Å². The van der Waals surface area contributed by atoms with E-state index in [2.05, 4.69) is 78.3 Å². The Morgan fingerprint density at radius 1 is 1.10 bits per heavy atom. The predicted octanol–water partition coefficient (Wildman–Crippen LogP) is 4.07. The highest BCUT2D eigenvalue weighted by Gasteiger charge is 2.42. The number of carbonyl (C=O) groups excluding carboxylic acids is 1. The minimum absolute atomic E-state index is 0.0712. The molecule has 2 aliphatic heterocycles. The smallest absolute Gasteiger partial charge is 0.272 e. The topological polar surface area (TPSA) is 55.1 Å². The molecule has 6 heteroatoms. The summed E-state index contributed by atoms with van der Waals surface area (Å²) in [5.74, 6) is 0.0712. The Bertz CT molecular complexity index is 1110. The van der Waals surface area contributed by atoms with Crippen molar-refractivity contribution in [3.8, 4) is 5.69 Å². The number of carbonyl (C=O) groups is 1. The number of aryl methyl sites for hydroxylation is 1. The number of likely N-dealkylation sites (tertiary alicyclic amines) is 1. The zero-order valence-electron chi connectivity index (χ0n) is 18.1. The molecule has 0 atom stereocenters. The monoisotopic (exact) mass is 403 g/mol. The Morgan fingerprint density at radius 2 is 1.83 bits per heavy atom. The van der Waals surface area contributed by atoms with Crippen molar-refractivity contribution in [3.05, 3.63) is 65.7 Å². The van der Waals surface area contributed by atoms with Crippen molar-refractivity contribution in [1.29, 1.82) is 0 Å². The lowest BCUT2D eigenvalue weighted by Gasteiger charge is -2.46. The van der Waals surface area contributed by atoms with Gasteiger partial charge >= 0.3 is 0 Å². The van der Waals surface area contributed by atoms with E-state index in [9.17, 15) is 4.79 Å². The number of aromatic nitrogens is 3. The summed E-state index contributed by atoms with van der Waals surface area (Å²) >= 11 is 0. The summed E-state index contributed by atoms with van der Waals surface area (Å²) in [7, 11) is 1.86. The molecule has 1 fully saturated rings. The zero-order valence-corrected chi connectivity index (χ0v) is 18.1. The molecule has 156 valence electrons. The lowest BCUT2D eigenvalue weighted by molar-refractivity contribution is 0.0665. The van der Waals surface area contributed by atoms with Crippen LogP contribution in [0, 0.1) is 0 Å². The zero-order chi connectivity index (χ0) is 21.1. The summed E-state index contributed by atoms with van der Waals surface area (Å²) in [6.07, 6.45) is 3.89. The molecule has 1 N–H and O–H groups in total. The first-order valence-corrected chi connectivity index (χ1v) is 10.7. The van der Waals surface area contributed by atoms with Gasteiger partial charge in [-0.1, -0.05) is 32.9 Å². The first kappa shape index (κ1) is 19.0. The van der Waals surface area contributed by atoms with E-state index < -0.39 is 0 Å². The van der Waals surface area contributed by atoms with Crippen molar-refractivity contribution >= 4 is 11.6 Å². The molecular formula is C24H29N5O. The summed E-state index contributed by atoms with van der Waals surface area (Å²) in [4.78, 5) is 15.2. The Kier molecular flexibility index (Phi) is 4.10. The van der Waals surface area contributed by atoms with Crippen molar-refractivity contribution in [2.45, 2.75) is 44.6 Å². The fourth-order valence-electron chi connectivity index (χ4n) is 4.76. The Morgan fingerprint density at radius 3 is 2.53 bits per heavy atom. The van der Waals surface area contributed by atoms with E-state index in [0.29, 0.717) is 5.69 Å². The van der Waals surface area contributed by atoms with Gasteiger partial charge < -0.3 is 14.8 Å². The Labute approximate surface area is 177 Å². The number of hydrogen-bond acceptors (Lipinski definition) is 3. The number of para-hydroxylation sites is 2. The van der Waals surface area contributed by atoms with Gasteiger partial charge in [0.05, 0.1) is 22.6 Å². The van der Waals surface area contributed by atoms with Crippen LogP contribution in [-0.2, 0) is 18.0 Å². The van der Waals surface area contributed by atoms with Crippen molar-refractivity contribution in [1.82, 2.24) is 19.2 Å². The number of hydrogen-bond donors (Lipinski definition) is 1. The minimum Gasteiger partial charge on any atom is -0.372 e. The number of nitrogens with zero attached hydrogens (tertiary/aromatic N) is 4. The van der Waals surface area contributed by atoms with E-state index in [4.69, 9.17) is 0 Å².